The summed E-state index contributed by atoms with van der Waals surface area (Å²) in [6.07, 6.45) is -7.00. The van der Waals surface area contributed by atoms with Crippen molar-refractivity contribution in [3.05, 3.63) is 23.0 Å². The van der Waals surface area contributed by atoms with Crippen molar-refractivity contribution in [3.8, 4) is 0 Å². The van der Waals surface area contributed by atoms with Crippen molar-refractivity contribution < 1.29 is 47.3 Å². The number of aromatic amines is 1. The number of hydrogen-bond donors (Lipinski definition) is 7. The third-order valence-electron chi connectivity index (χ3n) is 7.43. The van der Waals surface area contributed by atoms with Gasteiger partial charge < -0.3 is 45.3 Å². The highest BCUT2D eigenvalue weighted by Crippen LogP contribution is 2.53. The number of alkyl halides is 1. The minimum atomic E-state index is -4.32. The molecule has 4 aromatic rings. The van der Waals surface area contributed by atoms with Gasteiger partial charge in [0, 0.05) is 0 Å². The van der Waals surface area contributed by atoms with Crippen LogP contribution >= 0.6 is 26.6 Å². The van der Waals surface area contributed by atoms with Gasteiger partial charge in [0.05, 0.1) is 26.1 Å². The molecule has 0 radical (unpaired) electrons. The van der Waals surface area contributed by atoms with E-state index in [0.29, 0.717) is 11.2 Å². The fraction of sp³-hybridized carbons (Fsp3) is 0.550. The maximum absolute atomic E-state index is 15.4. The number of nitrogens with zero attached hydrogens (tertiary/aromatic N) is 8. The molecule has 9 atom stereocenters. The number of aliphatic hydroxyl groups is 2. The summed E-state index contributed by atoms with van der Waals surface area (Å²) in [5.74, 6) is -0.120. The fourth-order valence-electron chi connectivity index (χ4n) is 5.35. The molecule has 0 aromatic carbocycles. The van der Waals surface area contributed by atoms with Gasteiger partial charge >= 0.3 is 6.72 Å². The number of ether oxygens (including phenoxy) is 3. The SMILES string of the molecule is Nc1nc2c(nnn2[C@@H]2O[C@H](CO)[C@H](F)[C@H]2OP(O)(=S)OC[C@@]23CO[C@@H]([C@H](n4cnc5c(N)ncnc54)O2)[C@@H]3O)c(=O)[nH]1.O=PS. The van der Waals surface area contributed by atoms with Crippen molar-refractivity contribution >= 4 is 72.5 Å². The van der Waals surface area contributed by atoms with Gasteiger partial charge in [0.15, 0.2) is 41.3 Å². The molecule has 46 heavy (non-hydrogen) atoms. The summed E-state index contributed by atoms with van der Waals surface area (Å²) >= 11 is 8.38. The third-order valence-corrected chi connectivity index (χ3v) is 8.97. The molecule has 26 heteroatoms. The van der Waals surface area contributed by atoms with E-state index in [1.807, 2.05) is 0 Å². The molecule has 0 spiro atoms. The Hall–Kier alpha value is -2.86. The van der Waals surface area contributed by atoms with Crippen molar-refractivity contribution in [1.29, 1.82) is 0 Å². The average molecular weight is 724 g/mol. The number of thiol groups is 1. The predicted octanol–water partition coefficient (Wildman–Crippen LogP) is -1.48. The van der Waals surface area contributed by atoms with Gasteiger partial charge in [0.1, 0.15) is 41.9 Å². The molecule has 2 bridgehead atoms. The highest BCUT2D eigenvalue weighted by Gasteiger charge is 2.63. The van der Waals surface area contributed by atoms with Crippen molar-refractivity contribution in [3.63, 3.8) is 0 Å². The maximum Gasteiger partial charge on any atom is 0.325 e. The molecule has 4 aromatic heterocycles. The van der Waals surface area contributed by atoms with E-state index < -0.39 is 74.1 Å². The van der Waals surface area contributed by atoms with E-state index in [1.54, 1.807) is 0 Å². The molecule has 248 valence electrons. The average Bonchev–Trinajstić information content (AvgIpc) is 3.82. The van der Waals surface area contributed by atoms with Gasteiger partial charge in [-0.25, -0.2) is 19.3 Å². The number of halogens is 1. The summed E-state index contributed by atoms with van der Waals surface area (Å²) in [4.78, 5) is 41.7. The summed E-state index contributed by atoms with van der Waals surface area (Å²) in [5, 5.41) is 28.2. The van der Waals surface area contributed by atoms with Crippen LogP contribution in [0.25, 0.3) is 22.3 Å². The molecule has 0 saturated carbocycles. The normalized spacial score (nSPS) is 31.8. The van der Waals surface area contributed by atoms with Crippen LogP contribution in [0.5, 0.6) is 0 Å². The fourth-order valence-corrected chi connectivity index (χ4v) is 6.78. The quantitative estimate of drug-likeness (QED) is 0.0805. The van der Waals surface area contributed by atoms with E-state index in [0.717, 1.165) is 4.68 Å². The van der Waals surface area contributed by atoms with E-state index >= 15 is 4.39 Å². The molecule has 1 unspecified atom stereocenters. The van der Waals surface area contributed by atoms with Crippen LogP contribution in [0.3, 0.4) is 0 Å². The van der Waals surface area contributed by atoms with E-state index in [-0.39, 0.29) is 37.2 Å². The molecule has 3 aliphatic heterocycles. The third kappa shape index (κ3) is 5.67. The summed E-state index contributed by atoms with van der Waals surface area (Å²) in [6, 6.07) is 0. The number of aliphatic hydroxyl groups excluding tert-OH is 2. The number of aromatic nitrogens is 9. The summed E-state index contributed by atoms with van der Waals surface area (Å²) in [7, 11) is -0.139. The Balaban J connectivity index is 0.00000119. The standard InChI is InChI=1S/C20H23FN11O9PS.HOPS/c21-7-6(1-33)39-18(32-15-9(29-30-32)16(35)28-19(23)27-15)10(7)41-42(36,43)38-3-20-2-37-11(12(20)34)17(40-20)31-5-26-8-13(22)24-4-25-14(8)31;1-2-3/h4-7,10-12,17-18,33-34H,1-3H2,(H,36,43)(H2,22,24,25)(H3,23,27,28,35);(H,1,3)/t6-,7+,10-,11-,12+,17-,18-,20-,42?;/m1./s1. The Morgan fingerprint density at radius 2 is 2.04 bits per heavy atom. The second kappa shape index (κ2) is 12.6. The summed E-state index contributed by atoms with van der Waals surface area (Å²) < 4.78 is 55.2. The number of anilines is 2. The van der Waals surface area contributed by atoms with Gasteiger partial charge in [-0.05, 0) is 11.8 Å². The smallest absolute Gasteiger partial charge is 0.325 e. The largest absolute Gasteiger partial charge is 0.394 e. The Kier molecular flexibility index (Phi) is 9.08. The molecule has 7 rings (SSSR count). The molecule has 3 aliphatic rings. The molecule has 0 amide bonds. The summed E-state index contributed by atoms with van der Waals surface area (Å²) in [5.41, 5.74) is 9.56. The van der Waals surface area contributed by atoms with Crippen molar-refractivity contribution in [2.45, 2.75) is 48.6 Å². The first kappa shape index (κ1) is 33.1. The van der Waals surface area contributed by atoms with Gasteiger partial charge in [-0.3, -0.25) is 23.4 Å². The number of imidazole rings is 1. The Labute approximate surface area is 267 Å². The minimum Gasteiger partial charge on any atom is -0.394 e. The monoisotopic (exact) mass is 723 g/mol. The Morgan fingerprint density at radius 1 is 1.28 bits per heavy atom. The lowest BCUT2D eigenvalue weighted by atomic mass is 10.0. The number of rotatable bonds is 8. The molecular weight excluding hydrogens is 699 g/mol. The highest BCUT2D eigenvalue weighted by atomic mass is 32.7. The van der Waals surface area contributed by atoms with Gasteiger partial charge in [-0.2, -0.15) is 9.67 Å². The van der Waals surface area contributed by atoms with Gasteiger partial charge in [0.2, 0.25) is 13.6 Å². The van der Waals surface area contributed by atoms with Crippen molar-refractivity contribution in [1.82, 2.24) is 44.5 Å². The van der Waals surface area contributed by atoms with Gasteiger partial charge in [-0.1, -0.05) is 17.5 Å². The van der Waals surface area contributed by atoms with Crippen molar-refractivity contribution in [2.75, 3.05) is 31.3 Å². The number of nitrogens with two attached hydrogens (primary N) is 2. The molecule has 7 heterocycles. The molecule has 8 N–H and O–H groups in total. The molecule has 21 nitrogen and oxygen atoms in total. The minimum absolute atomic E-state index is 0.130. The van der Waals surface area contributed by atoms with E-state index in [9.17, 15) is 19.9 Å². The van der Waals surface area contributed by atoms with Crippen LogP contribution in [-0.2, 0) is 39.6 Å². The van der Waals surface area contributed by atoms with Crippen LogP contribution in [0.2, 0.25) is 0 Å². The van der Waals surface area contributed by atoms with Crippen LogP contribution in [0.15, 0.2) is 17.4 Å². The second-order valence-electron chi connectivity index (χ2n) is 10.1. The number of fused-ring (bicyclic) bond motifs is 4. The maximum atomic E-state index is 15.4. The lowest BCUT2D eigenvalue weighted by Crippen LogP contribution is -2.45. The topological polar surface area (TPSA) is 296 Å². The van der Waals surface area contributed by atoms with Gasteiger partial charge in [-0.15, -0.1) is 5.10 Å². The van der Waals surface area contributed by atoms with Crippen LogP contribution in [0.4, 0.5) is 16.2 Å². The molecule has 0 aliphatic carbocycles. The number of H-pyrrole nitrogens is 1. The molecule has 3 fully saturated rings. The predicted molar refractivity (Wildman–Crippen MR) is 159 cm³/mol. The highest BCUT2D eigenvalue weighted by molar-refractivity contribution is 8.33. The second-order valence-corrected chi connectivity index (χ2v) is 13.6. The van der Waals surface area contributed by atoms with Crippen molar-refractivity contribution in [2.24, 2.45) is 0 Å². The number of nitrogens with one attached hydrogen (secondary N) is 1. The van der Waals surface area contributed by atoms with Crippen LogP contribution < -0.4 is 17.0 Å². The first-order valence-electron chi connectivity index (χ1n) is 13.0. The number of nitrogen functional groups attached to an aromatic ring is 2. The van der Waals surface area contributed by atoms with Crippen LogP contribution in [0.1, 0.15) is 12.5 Å². The van der Waals surface area contributed by atoms with E-state index in [2.05, 4.69) is 47.5 Å². The number of hydrogen-bond acceptors (Lipinski definition) is 18. The molecule has 3 saturated heterocycles. The zero-order valence-corrected chi connectivity index (χ0v) is 26.4. The zero-order valence-electron chi connectivity index (χ0n) is 22.9. The zero-order chi connectivity index (χ0) is 33.0. The van der Waals surface area contributed by atoms with E-state index in [4.69, 9.17) is 51.1 Å². The Bertz CT molecular complexity index is 1890. The molecular formula is C20H24FN11O10P2S2. The van der Waals surface area contributed by atoms with E-state index in [1.165, 1.54) is 17.2 Å². The van der Waals surface area contributed by atoms with Crippen LogP contribution in [-0.4, -0.2) is 116 Å². The first-order chi connectivity index (χ1) is 21.9. The summed E-state index contributed by atoms with van der Waals surface area (Å²) in [6.45, 7) is -5.74. The lowest BCUT2D eigenvalue weighted by molar-refractivity contribution is -0.183. The first-order valence-corrected chi connectivity index (χ1v) is 17.5. The van der Waals surface area contributed by atoms with Crippen LogP contribution in [0, 0.1) is 0 Å². The lowest BCUT2D eigenvalue weighted by Gasteiger charge is -2.32. The van der Waals surface area contributed by atoms with Gasteiger partial charge in [0.25, 0.3) is 5.56 Å². The Morgan fingerprint density at radius 3 is 2.78 bits per heavy atom.